The molecule has 0 unspecified atom stereocenters. The average molecular weight is 249 g/mol. The Bertz CT molecular complexity index is 415. The van der Waals surface area contributed by atoms with Crippen LogP contribution in [0.3, 0.4) is 0 Å². The summed E-state index contributed by atoms with van der Waals surface area (Å²) in [7, 11) is 1.60. The number of hydrogen-bond acceptors (Lipinski definition) is 3. The molecule has 0 heterocycles. The van der Waals surface area contributed by atoms with Crippen LogP contribution in [0.4, 0.5) is 5.69 Å². The number of anilines is 1. The van der Waals surface area contributed by atoms with Crippen LogP contribution in [0.2, 0.25) is 0 Å². The summed E-state index contributed by atoms with van der Waals surface area (Å²) >= 11 is 0. The number of rotatable bonds is 5. The summed E-state index contributed by atoms with van der Waals surface area (Å²) < 4.78 is 0. The van der Waals surface area contributed by atoms with E-state index >= 15 is 0 Å². The van der Waals surface area contributed by atoms with Crippen molar-refractivity contribution in [2.45, 2.75) is 25.8 Å². The fourth-order valence-corrected chi connectivity index (χ4v) is 1.40. The monoisotopic (exact) mass is 249 g/mol. The summed E-state index contributed by atoms with van der Waals surface area (Å²) in [6.07, 6.45) is 0.930. The zero-order valence-corrected chi connectivity index (χ0v) is 10.7. The van der Waals surface area contributed by atoms with Gasteiger partial charge in [0.15, 0.2) is 0 Å². The van der Waals surface area contributed by atoms with E-state index in [2.05, 4.69) is 10.6 Å². The van der Waals surface area contributed by atoms with Gasteiger partial charge in [0.2, 0.25) is 11.8 Å². The second kappa shape index (κ2) is 6.76. The second-order valence-corrected chi connectivity index (χ2v) is 4.05. The molecular formula is C13H19N3O2. The lowest BCUT2D eigenvalue weighted by Crippen LogP contribution is -2.34. The molecule has 2 amide bonds. The molecule has 1 atom stereocenters. The Labute approximate surface area is 107 Å². The van der Waals surface area contributed by atoms with Crippen molar-refractivity contribution in [1.29, 1.82) is 0 Å². The second-order valence-electron chi connectivity index (χ2n) is 4.05. The smallest absolute Gasteiger partial charge is 0.241 e. The lowest BCUT2D eigenvalue weighted by atomic mass is 10.1. The van der Waals surface area contributed by atoms with Gasteiger partial charge in [-0.25, -0.2) is 0 Å². The normalized spacial score (nSPS) is 11.7. The predicted octanol–water partition coefficient (Wildman–Crippen LogP) is 0.651. The lowest BCUT2D eigenvalue weighted by molar-refractivity contribution is -0.120. The van der Waals surface area contributed by atoms with Gasteiger partial charge >= 0.3 is 0 Å². The van der Waals surface area contributed by atoms with Crippen LogP contribution in [0.15, 0.2) is 24.3 Å². The molecule has 1 aromatic carbocycles. The number of amides is 2. The molecule has 18 heavy (non-hydrogen) atoms. The molecule has 0 fully saturated rings. The van der Waals surface area contributed by atoms with Crippen molar-refractivity contribution in [2.24, 2.45) is 5.73 Å². The Morgan fingerprint density at radius 3 is 2.39 bits per heavy atom. The van der Waals surface area contributed by atoms with Gasteiger partial charge < -0.3 is 16.4 Å². The van der Waals surface area contributed by atoms with Gasteiger partial charge in [-0.15, -0.1) is 0 Å². The van der Waals surface area contributed by atoms with Crippen LogP contribution in [0.1, 0.15) is 18.9 Å². The standard InChI is InChI=1S/C13H19N3O2/c1-3-11(14)13(18)16-10-6-4-9(5-7-10)8-12(17)15-2/h4-7,11H,3,8,14H2,1-2H3,(H,15,17)(H,16,18)/t11-/m1/s1. The van der Waals surface area contributed by atoms with Crippen LogP contribution in [-0.4, -0.2) is 24.9 Å². The third-order valence-corrected chi connectivity index (χ3v) is 2.64. The summed E-state index contributed by atoms with van der Waals surface area (Å²) in [5.74, 6) is -0.239. The molecule has 0 radical (unpaired) electrons. The first-order chi connectivity index (χ1) is 8.56. The van der Waals surface area contributed by atoms with Gasteiger partial charge in [-0.2, -0.15) is 0 Å². The molecule has 1 rings (SSSR count). The van der Waals surface area contributed by atoms with Crippen molar-refractivity contribution in [1.82, 2.24) is 5.32 Å². The highest BCUT2D eigenvalue weighted by molar-refractivity contribution is 5.94. The van der Waals surface area contributed by atoms with E-state index in [1.54, 1.807) is 19.2 Å². The maximum Gasteiger partial charge on any atom is 0.241 e. The van der Waals surface area contributed by atoms with Crippen molar-refractivity contribution >= 4 is 17.5 Å². The number of hydrogen-bond donors (Lipinski definition) is 3. The van der Waals surface area contributed by atoms with Crippen molar-refractivity contribution in [2.75, 3.05) is 12.4 Å². The molecule has 0 bridgehead atoms. The molecule has 0 aromatic heterocycles. The van der Waals surface area contributed by atoms with Crippen LogP contribution in [0.25, 0.3) is 0 Å². The molecule has 0 spiro atoms. The average Bonchev–Trinajstić information content (AvgIpc) is 2.39. The van der Waals surface area contributed by atoms with Crippen molar-refractivity contribution in [3.05, 3.63) is 29.8 Å². The van der Waals surface area contributed by atoms with Crippen molar-refractivity contribution < 1.29 is 9.59 Å². The molecule has 1 aromatic rings. The topological polar surface area (TPSA) is 84.2 Å². The van der Waals surface area contributed by atoms with Gasteiger partial charge in [0, 0.05) is 12.7 Å². The van der Waals surface area contributed by atoms with Crippen LogP contribution in [-0.2, 0) is 16.0 Å². The molecule has 4 N–H and O–H groups in total. The van der Waals surface area contributed by atoms with E-state index in [0.29, 0.717) is 18.5 Å². The van der Waals surface area contributed by atoms with Gasteiger partial charge in [0.25, 0.3) is 0 Å². The number of carbonyl (C=O) groups is 2. The number of carbonyl (C=O) groups excluding carboxylic acids is 2. The molecule has 98 valence electrons. The minimum atomic E-state index is -0.490. The summed E-state index contributed by atoms with van der Waals surface area (Å²) in [6.45, 7) is 1.86. The van der Waals surface area contributed by atoms with Crippen LogP contribution >= 0.6 is 0 Å². The van der Waals surface area contributed by atoms with Crippen LogP contribution < -0.4 is 16.4 Å². The van der Waals surface area contributed by atoms with E-state index in [-0.39, 0.29) is 11.8 Å². The first kappa shape index (κ1) is 14.2. The fraction of sp³-hybridized carbons (Fsp3) is 0.385. The highest BCUT2D eigenvalue weighted by Crippen LogP contribution is 2.10. The summed E-state index contributed by atoms with van der Waals surface area (Å²) in [5, 5.41) is 5.28. The first-order valence-corrected chi connectivity index (χ1v) is 5.92. The van der Waals surface area contributed by atoms with E-state index in [9.17, 15) is 9.59 Å². The Kier molecular flexibility index (Phi) is 5.32. The minimum Gasteiger partial charge on any atom is -0.359 e. The Balaban J connectivity index is 2.60. The van der Waals surface area contributed by atoms with E-state index in [0.717, 1.165) is 5.56 Å². The fourth-order valence-electron chi connectivity index (χ4n) is 1.40. The zero-order chi connectivity index (χ0) is 13.5. The number of likely N-dealkylation sites (N-methyl/N-ethyl adjacent to an activating group) is 1. The van der Waals surface area contributed by atoms with Crippen LogP contribution in [0.5, 0.6) is 0 Å². The predicted molar refractivity (Wildman–Crippen MR) is 71.1 cm³/mol. The molecule has 0 aliphatic heterocycles. The summed E-state index contributed by atoms with van der Waals surface area (Å²) in [5.41, 5.74) is 7.19. The highest BCUT2D eigenvalue weighted by atomic mass is 16.2. The van der Waals surface area contributed by atoms with E-state index < -0.39 is 6.04 Å². The van der Waals surface area contributed by atoms with Crippen LogP contribution in [0, 0.1) is 0 Å². The molecule has 5 nitrogen and oxygen atoms in total. The van der Waals surface area contributed by atoms with Gasteiger partial charge in [-0.3, -0.25) is 9.59 Å². The first-order valence-electron chi connectivity index (χ1n) is 5.92. The number of benzene rings is 1. The molecule has 0 saturated heterocycles. The van der Waals surface area contributed by atoms with E-state index in [1.165, 1.54) is 0 Å². The number of nitrogens with two attached hydrogens (primary N) is 1. The van der Waals surface area contributed by atoms with E-state index in [4.69, 9.17) is 5.73 Å². The van der Waals surface area contributed by atoms with Gasteiger partial charge in [0.1, 0.15) is 0 Å². The van der Waals surface area contributed by atoms with Gasteiger partial charge in [0.05, 0.1) is 12.5 Å². The Morgan fingerprint density at radius 1 is 1.28 bits per heavy atom. The van der Waals surface area contributed by atoms with E-state index in [1.807, 2.05) is 19.1 Å². The SMILES string of the molecule is CC[C@@H](N)C(=O)Nc1ccc(CC(=O)NC)cc1. The van der Waals surface area contributed by atoms with Gasteiger partial charge in [-0.05, 0) is 24.1 Å². The third-order valence-electron chi connectivity index (χ3n) is 2.64. The molecule has 0 saturated carbocycles. The third kappa shape index (κ3) is 4.18. The minimum absolute atomic E-state index is 0.0419. The Morgan fingerprint density at radius 2 is 1.89 bits per heavy atom. The molecular weight excluding hydrogens is 230 g/mol. The summed E-state index contributed by atoms with van der Waals surface area (Å²) in [4.78, 5) is 22.7. The maximum atomic E-state index is 11.6. The lowest BCUT2D eigenvalue weighted by Gasteiger charge is -2.10. The van der Waals surface area contributed by atoms with Crippen molar-refractivity contribution in [3.63, 3.8) is 0 Å². The quantitative estimate of drug-likeness (QED) is 0.716. The molecule has 0 aliphatic rings. The van der Waals surface area contributed by atoms with Gasteiger partial charge in [-0.1, -0.05) is 19.1 Å². The Hall–Kier alpha value is -1.88. The largest absolute Gasteiger partial charge is 0.359 e. The zero-order valence-electron chi connectivity index (χ0n) is 10.7. The molecule has 5 heteroatoms. The molecule has 0 aliphatic carbocycles. The highest BCUT2D eigenvalue weighted by Gasteiger charge is 2.10. The summed E-state index contributed by atoms with van der Waals surface area (Å²) in [6, 6.07) is 6.65. The maximum absolute atomic E-state index is 11.6. The van der Waals surface area contributed by atoms with Crippen molar-refractivity contribution in [3.8, 4) is 0 Å². The number of nitrogens with one attached hydrogen (secondary N) is 2.